The van der Waals surface area contributed by atoms with Gasteiger partial charge in [-0.15, -0.1) is 0 Å². The Morgan fingerprint density at radius 2 is 1.68 bits per heavy atom. The molecule has 0 bridgehead atoms. The van der Waals surface area contributed by atoms with Crippen LogP contribution in [-0.4, -0.2) is 26.2 Å². The number of halogens is 4. The number of nitrogens with one attached hydrogen (secondary N) is 1. The minimum atomic E-state index is -5.08. The molecular weight excluding hydrogens is 379 g/mol. The van der Waals surface area contributed by atoms with Crippen LogP contribution in [0.4, 0.5) is 13.2 Å². The van der Waals surface area contributed by atoms with Crippen molar-refractivity contribution < 1.29 is 26.7 Å². The molecule has 4 nitrogen and oxygen atoms in total. The lowest BCUT2D eigenvalue weighted by Gasteiger charge is -2.31. The van der Waals surface area contributed by atoms with Crippen LogP contribution in [0, 0.1) is 6.92 Å². The Morgan fingerprint density at radius 3 is 2.24 bits per heavy atom. The smallest absolute Gasteiger partial charge is 0.375 e. The molecule has 1 unspecified atom stereocenters. The van der Waals surface area contributed by atoms with Crippen molar-refractivity contribution in [2.24, 2.45) is 0 Å². The number of hydrogen-bond acceptors (Lipinski definition) is 3. The van der Waals surface area contributed by atoms with E-state index in [1.807, 2.05) is 4.72 Å². The van der Waals surface area contributed by atoms with Crippen LogP contribution >= 0.6 is 11.6 Å². The number of rotatable bonds is 5. The minimum Gasteiger partial charge on any atom is -0.375 e. The van der Waals surface area contributed by atoms with Gasteiger partial charge in [0.2, 0.25) is 10.0 Å². The fourth-order valence-corrected chi connectivity index (χ4v) is 3.79. The van der Waals surface area contributed by atoms with Crippen molar-refractivity contribution in [1.82, 2.24) is 4.72 Å². The van der Waals surface area contributed by atoms with E-state index in [2.05, 4.69) is 0 Å². The van der Waals surface area contributed by atoms with E-state index < -0.39 is 33.9 Å². The van der Waals surface area contributed by atoms with Crippen LogP contribution in [0.15, 0.2) is 53.4 Å². The second-order valence-corrected chi connectivity index (χ2v) is 7.55. The van der Waals surface area contributed by atoms with Gasteiger partial charge >= 0.3 is 6.18 Å². The van der Waals surface area contributed by atoms with Crippen molar-refractivity contribution in [1.29, 1.82) is 0 Å². The van der Waals surface area contributed by atoms with E-state index >= 15 is 0 Å². The number of alkyl halides is 3. The molecule has 0 aliphatic carbocycles. The highest BCUT2D eigenvalue weighted by atomic mass is 35.5. The summed E-state index contributed by atoms with van der Waals surface area (Å²) in [6.45, 7) is 0.166. The molecule has 1 atom stereocenters. The highest BCUT2D eigenvalue weighted by molar-refractivity contribution is 7.89. The van der Waals surface area contributed by atoms with Gasteiger partial charge in [0.05, 0.1) is 11.4 Å². The number of benzene rings is 2. The highest BCUT2D eigenvalue weighted by Crippen LogP contribution is 2.38. The SMILES string of the molecule is Cc1c(Cl)cccc1S(=O)(=O)NCC(O)(c1ccccc1)C(F)(F)F. The molecule has 0 spiro atoms. The largest absolute Gasteiger partial charge is 0.422 e. The van der Waals surface area contributed by atoms with E-state index in [9.17, 15) is 26.7 Å². The van der Waals surface area contributed by atoms with Crippen molar-refractivity contribution in [3.05, 3.63) is 64.7 Å². The first-order valence-electron chi connectivity index (χ1n) is 7.08. The van der Waals surface area contributed by atoms with Crippen LogP contribution in [-0.2, 0) is 15.6 Å². The molecular formula is C16H15ClF3NO3S. The summed E-state index contributed by atoms with van der Waals surface area (Å²) in [5, 5.41) is 10.3. The molecule has 2 aromatic carbocycles. The fraction of sp³-hybridized carbons (Fsp3) is 0.250. The fourth-order valence-electron chi connectivity index (χ4n) is 2.24. The number of sulfonamides is 1. The van der Waals surface area contributed by atoms with Gasteiger partial charge in [-0.3, -0.25) is 0 Å². The highest BCUT2D eigenvalue weighted by Gasteiger charge is 2.55. The molecule has 0 saturated carbocycles. The average Bonchev–Trinajstić information content (AvgIpc) is 2.55. The molecule has 2 aromatic rings. The molecule has 0 fully saturated rings. The molecule has 0 saturated heterocycles. The monoisotopic (exact) mass is 393 g/mol. The van der Waals surface area contributed by atoms with Crippen molar-refractivity contribution in [3.63, 3.8) is 0 Å². The van der Waals surface area contributed by atoms with Crippen molar-refractivity contribution >= 4 is 21.6 Å². The molecule has 9 heteroatoms. The van der Waals surface area contributed by atoms with Gasteiger partial charge in [0.1, 0.15) is 0 Å². The van der Waals surface area contributed by atoms with Gasteiger partial charge in [0, 0.05) is 5.02 Å². The molecule has 0 aliphatic heterocycles. The molecule has 2 N–H and O–H groups in total. The zero-order chi connectivity index (χ0) is 18.9. The Morgan fingerprint density at radius 1 is 1.08 bits per heavy atom. The average molecular weight is 394 g/mol. The third-order valence-corrected chi connectivity index (χ3v) is 5.70. The Labute approximate surface area is 148 Å². The maximum atomic E-state index is 13.4. The standard InChI is InChI=1S/C16H15ClF3NO3S/c1-11-13(17)8-5-9-14(11)25(23,24)21-10-15(22,16(18,19)20)12-6-3-2-4-7-12/h2-9,21-22H,10H2,1H3. The predicted molar refractivity (Wildman–Crippen MR) is 87.8 cm³/mol. The van der Waals surface area contributed by atoms with E-state index in [4.69, 9.17) is 11.6 Å². The Bertz CT molecular complexity index is 857. The lowest BCUT2D eigenvalue weighted by molar-refractivity contribution is -0.263. The van der Waals surface area contributed by atoms with E-state index in [1.54, 1.807) is 0 Å². The third kappa shape index (κ3) is 3.98. The van der Waals surface area contributed by atoms with Gasteiger partial charge in [-0.2, -0.15) is 13.2 Å². The summed E-state index contributed by atoms with van der Waals surface area (Å²) in [6, 6.07) is 10.3. The Hall–Kier alpha value is -1.61. The molecule has 25 heavy (non-hydrogen) atoms. The second-order valence-electron chi connectivity index (χ2n) is 5.41. The number of aliphatic hydroxyl groups is 1. The topological polar surface area (TPSA) is 66.4 Å². The van der Waals surface area contributed by atoms with Gasteiger partial charge in [-0.05, 0) is 30.2 Å². The summed E-state index contributed by atoms with van der Waals surface area (Å²) in [4.78, 5) is -0.252. The lowest BCUT2D eigenvalue weighted by Crippen LogP contribution is -2.51. The molecule has 0 aromatic heterocycles. The van der Waals surface area contributed by atoms with E-state index in [-0.39, 0.29) is 15.5 Å². The summed E-state index contributed by atoms with van der Waals surface area (Å²) in [5.74, 6) is 0. The summed E-state index contributed by atoms with van der Waals surface area (Å²) in [6.07, 6.45) is -5.08. The third-order valence-electron chi connectivity index (χ3n) is 3.75. The normalized spacial score (nSPS) is 15.0. The lowest BCUT2D eigenvalue weighted by atomic mass is 9.93. The van der Waals surface area contributed by atoms with E-state index in [0.29, 0.717) is 0 Å². The van der Waals surface area contributed by atoms with Gasteiger partial charge in [0.15, 0.2) is 5.60 Å². The summed E-state index contributed by atoms with van der Waals surface area (Å²) in [7, 11) is -4.31. The van der Waals surface area contributed by atoms with Crippen LogP contribution in [0.2, 0.25) is 5.02 Å². The maximum Gasteiger partial charge on any atom is 0.422 e. The van der Waals surface area contributed by atoms with Gasteiger partial charge in [-0.25, -0.2) is 13.1 Å². The first kappa shape index (κ1) is 19.7. The maximum absolute atomic E-state index is 13.4. The zero-order valence-electron chi connectivity index (χ0n) is 13.0. The Kier molecular flexibility index (Phi) is 5.48. The summed E-state index contributed by atoms with van der Waals surface area (Å²) < 4.78 is 66.8. The minimum absolute atomic E-state index is 0.164. The first-order chi connectivity index (χ1) is 11.5. The van der Waals surface area contributed by atoms with Gasteiger partial charge in [0.25, 0.3) is 0 Å². The predicted octanol–water partition coefficient (Wildman–Crippen LogP) is 3.38. The second kappa shape index (κ2) is 6.95. The van der Waals surface area contributed by atoms with Crippen molar-refractivity contribution in [3.8, 4) is 0 Å². The van der Waals surface area contributed by atoms with Gasteiger partial charge in [-0.1, -0.05) is 48.0 Å². The molecule has 2 rings (SSSR count). The molecule has 0 radical (unpaired) electrons. The summed E-state index contributed by atoms with van der Waals surface area (Å²) in [5.41, 5.74) is -3.63. The quantitative estimate of drug-likeness (QED) is 0.818. The van der Waals surface area contributed by atoms with Crippen LogP contribution in [0.3, 0.4) is 0 Å². The Balaban J connectivity index is 2.37. The molecule has 0 aliphatic rings. The zero-order valence-corrected chi connectivity index (χ0v) is 14.6. The van der Waals surface area contributed by atoms with E-state index in [1.165, 1.54) is 43.3 Å². The van der Waals surface area contributed by atoms with Crippen molar-refractivity contribution in [2.45, 2.75) is 23.6 Å². The first-order valence-corrected chi connectivity index (χ1v) is 8.94. The summed E-state index contributed by atoms with van der Waals surface area (Å²) >= 11 is 5.86. The van der Waals surface area contributed by atoms with Crippen LogP contribution < -0.4 is 4.72 Å². The van der Waals surface area contributed by atoms with Crippen LogP contribution in [0.5, 0.6) is 0 Å². The van der Waals surface area contributed by atoms with Crippen molar-refractivity contribution in [2.75, 3.05) is 6.54 Å². The molecule has 0 amide bonds. The molecule has 0 heterocycles. The van der Waals surface area contributed by atoms with Crippen LogP contribution in [0.25, 0.3) is 0 Å². The van der Waals surface area contributed by atoms with E-state index in [0.717, 1.165) is 12.1 Å². The number of hydrogen-bond donors (Lipinski definition) is 2. The van der Waals surface area contributed by atoms with Gasteiger partial charge < -0.3 is 5.11 Å². The van der Waals surface area contributed by atoms with Crippen LogP contribution in [0.1, 0.15) is 11.1 Å². The molecule has 136 valence electrons.